The lowest BCUT2D eigenvalue weighted by Crippen LogP contribution is -2.45. The summed E-state index contributed by atoms with van der Waals surface area (Å²) in [4.78, 5) is 23.9. The van der Waals surface area contributed by atoms with E-state index in [-0.39, 0.29) is 28.5 Å². The fourth-order valence-electron chi connectivity index (χ4n) is 2.18. The maximum Gasteiger partial charge on any atom is 0.338 e. The number of nitrogens with one attached hydrogen (secondary N) is 2. The number of carbonyl (C=O) groups excluding carboxylic acids is 2. The molecule has 2 N–H and O–H groups in total. The van der Waals surface area contributed by atoms with Gasteiger partial charge in [-0.1, -0.05) is 30.3 Å². The molecule has 1 aliphatic heterocycles. The Hall–Kier alpha value is -2.34. The zero-order valence-electron chi connectivity index (χ0n) is 11.8. The fourth-order valence-corrected chi connectivity index (χ4v) is 2.45. The summed E-state index contributed by atoms with van der Waals surface area (Å²) in [6.07, 6.45) is 1.41. The van der Waals surface area contributed by atoms with E-state index in [1.54, 1.807) is 0 Å². The molecule has 0 aliphatic carbocycles. The predicted octanol–water partition coefficient (Wildman–Crippen LogP) is 2.84. The molecule has 0 unspecified atom stereocenters. The molecule has 22 heavy (non-hydrogen) atoms. The third-order valence-electron chi connectivity index (χ3n) is 3.11. The molecule has 1 aromatic carbocycles. The SMILES string of the molecule is C=CCOC(=O)C1=C(C)NC(=O)N[C@@H]1c1c(F)cccc1Cl. The summed E-state index contributed by atoms with van der Waals surface area (Å²) in [6.45, 7) is 4.99. The number of carbonyl (C=O) groups is 2. The topological polar surface area (TPSA) is 67.4 Å². The summed E-state index contributed by atoms with van der Waals surface area (Å²) in [7, 11) is 0. The molecule has 2 rings (SSSR count). The van der Waals surface area contributed by atoms with Gasteiger partial charge in [-0.15, -0.1) is 0 Å². The maximum atomic E-state index is 14.1. The van der Waals surface area contributed by atoms with Gasteiger partial charge < -0.3 is 15.4 Å². The van der Waals surface area contributed by atoms with Crippen molar-refractivity contribution >= 4 is 23.6 Å². The Labute approximate surface area is 131 Å². The van der Waals surface area contributed by atoms with Crippen LogP contribution in [0.25, 0.3) is 0 Å². The van der Waals surface area contributed by atoms with E-state index in [4.69, 9.17) is 16.3 Å². The lowest BCUT2D eigenvalue weighted by atomic mass is 9.95. The van der Waals surface area contributed by atoms with Crippen molar-refractivity contribution in [2.75, 3.05) is 6.61 Å². The zero-order valence-corrected chi connectivity index (χ0v) is 12.5. The van der Waals surface area contributed by atoms with Crippen LogP contribution in [0, 0.1) is 5.82 Å². The van der Waals surface area contributed by atoms with Crippen LogP contribution in [0.1, 0.15) is 18.5 Å². The third kappa shape index (κ3) is 3.12. The summed E-state index contributed by atoms with van der Waals surface area (Å²) in [6, 6.07) is 2.55. The lowest BCUT2D eigenvalue weighted by Gasteiger charge is -2.28. The van der Waals surface area contributed by atoms with Crippen LogP contribution in [-0.4, -0.2) is 18.6 Å². The van der Waals surface area contributed by atoms with Gasteiger partial charge in [0.1, 0.15) is 12.4 Å². The fraction of sp³-hybridized carbons (Fsp3) is 0.200. The largest absolute Gasteiger partial charge is 0.458 e. The third-order valence-corrected chi connectivity index (χ3v) is 3.44. The van der Waals surface area contributed by atoms with E-state index in [1.165, 1.54) is 31.2 Å². The molecule has 1 aromatic rings. The molecule has 0 radical (unpaired) electrons. The van der Waals surface area contributed by atoms with Gasteiger partial charge in [0.25, 0.3) is 0 Å². The van der Waals surface area contributed by atoms with Crippen molar-refractivity contribution in [1.29, 1.82) is 0 Å². The first-order valence-electron chi connectivity index (χ1n) is 6.46. The molecular formula is C15H14ClFN2O3. The number of allylic oxidation sites excluding steroid dienone is 1. The van der Waals surface area contributed by atoms with Crippen LogP contribution < -0.4 is 10.6 Å². The van der Waals surface area contributed by atoms with Gasteiger partial charge >= 0.3 is 12.0 Å². The number of amides is 2. The standard InChI is InChI=1S/C15H14ClFN2O3/c1-3-7-22-14(20)11-8(2)18-15(21)19-13(11)12-9(16)5-4-6-10(12)17/h3-6,13H,1,7H2,2H3,(H2,18,19,21)/t13-/m0/s1. The van der Waals surface area contributed by atoms with Crippen molar-refractivity contribution in [3.05, 3.63) is 58.5 Å². The van der Waals surface area contributed by atoms with Crippen LogP contribution in [0.5, 0.6) is 0 Å². The molecule has 0 saturated heterocycles. The van der Waals surface area contributed by atoms with Gasteiger partial charge in [-0.3, -0.25) is 0 Å². The molecule has 1 atom stereocenters. The zero-order chi connectivity index (χ0) is 16.3. The Balaban J connectivity index is 2.51. The number of urea groups is 1. The minimum absolute atomic E-state index is 0.00127. The molecule has 1 aliphatic rings. The average molecular weight is 325 g/mol. The van der Waals surface area contributed by atoms with E-state index in [9.17, 15) is 14.0 Å². The molecule has 0 spiro atoms. The van der Waals surface area contributed by atoms with E-state index in [0.29, 0.717) is 0 Å². The molecule has 0 fully saturated rings. The summed E-state index contributed by atoms with van der Waals surface area (Å²) < 4.78 is 19.1. The molecule has 1 heterocycles. The molecule has 0 saturated carbocycles. The van der Waals surface area contributed by atoms with E-state index < -0.39 is 23.9 Å². The lowest BCUT2D eigenvalue weighted by molar-refractivity contribution is -0.138. The van der Waals surface area contributed by atoms with Crippen LogP contribution in [0.2, 0.25) is 5.02 Å². The first-order valence-corrected chi connectivity index (χ1v) is 6.83. The van der Waals surface area contributed by atoms with Crippen LogP contribution in [0.4, 0.5) is 9.18 Å². The highest BCUT2D eigenvalue weighted by atomic mass is 35.5. The number of ether oxygens (including phenoxy) is 1. The molecule has 116 valence electrons. The van der Waals surface area contributed by atoms with Crippen LogP contribution >= 0.6 is 11.6 Å². The van der Waals surface area contributed by atoms with Gasteiger partial charge in [0.05, 0.1) is 11.6 Å². The highest BCUT2D eigenvalue weighted by Crippen LogP contribution is 2.33. The molecule has 7 heteroatoms. The number of benzene rings is 1. The second-order valence-corrected chi connectivity index (χ2v) is 5.00. The Kier molecular flexibility index (Phi) is 4.82. The van der Waals surface area contributed by atoms with E-state index in [2.05, 4.69) is 17.2 Å². The van der Waals surface area contributed by atoms with Gasteiger partial charge in [-0.25, -0.2) is 14.0 Å². The molecular weight excluding hydrogens is 311 g/mol. The quantitative estimate of drug-likeness (QED) is 0.661. The maximum absolute atomic E-state index is 14.1. The van der Waals surface area contributed by atoms with Gasteiger partial charge in [0, 0.05) is 16.3 Å². The highest BCUT2D eigenvalue weighted by molar-refractivity contribution is 6.31. The van der Waals surface area contributed by atoms with Gasteiger partial charge in [-0.05, 0) is 19.1 Å². The Morgan fingerprint density at radius 1 is 1.55 bits per heavy atom. The number of halogens is 2. The van der Waals surface area contributed by atoms with Crippen molar-refractivity contribution in [1.82, 2.24) is 10.6 Å². The Morgan fingerprint density at radius 2 is 2.27 bits per heavy atom. The van der Waals surface area contributed by atoms with Crippen molar-refractivity contribution < 1.29 is 18.7 Å². The van der Waals surface area contributed by atoms with Crippen LogP contribution in [0.15, 0.2) is 42.1 Å². The Morgan fingerprint density at radius 3 is 2.91 bits per heavy atom. The molecule has 5 nitrogen and oxygen atoms in total. The van der Waals surface area contributed by atoms with Crippen molar-refractivity contribution in [2.45, 2.75) is 13.0 Å². The number of hydrogen-bond acceptors (Lipinski definition) is 3. The van der Waals surface area contributed by atoms with Crippen LogP contribution in [0.3, 0.4) is 0 Å². The van der Waals surface area contributed by atoms with E-state index in [0.717, 1.165) is 0 Å². The second kappa shape index (κ2) is 6.62. The second-order valence-electron chi connectivity index (χ2n) is 4.59. The number of rotatable bonds is 4. The molecule has 0 bridgehead atoms. The first-order chi connectivity index (χ1) is 10.5. The number of esters is 1. The van der Waals surface area contributed by atoms with Gasteiger partial charge in [-0.2, -0.15) is 0 Å². The monoisotopic (exact) mass is 324 g/mol. The highest BCUT2D eigenvalue weighted by Gasteiger charge is 2.34. The number of hydrogen-bond donors (Lipinski definition) is 2. The minimum Gasteiger partial charge on any atom is -0.458 e. The summed E-state index contributed by atoms with van der Waals surface area (Å²) >= 11 is 6.03. The minimum atomic E-state index is -1.03. The smallest absolute Gasteiger partial charge is 0.338 e. The average Bonchev–Trinajstić information content (AvgIpc) is 2.44. The van der Waals surface area contributed by atoms with E-state index >= 15 is 0 Å². The van der Waals surface area contributed by atoms with Crippen molar-refractivity contribution in [3.63, 3.8) is 0 Å². The molecule has 0 aromatic heterocycles. The predicted molar refractivity (Wildman–Crippen MR) is 79.7 cm³/mol. The van der Waals surface area contributed by atoms with Crippen LogP contribution in [-0.2, 0) is 9.53 Å². The Bertz CT molecular complexity index is 653. The van der Waals surface area contributed by atoms with E-state index in [1.807, 2.05) is 0 Å². The van der Waals surface area contributed by atoms with Crippen molar-refractivity contribution in [2.24, 2.45) is 0 Å². The van der Waals surface area contributed by atoms with Crippen molar-refractivity contribution in [3.8, 4) is 0 Å². The van der Waals surface area contributed by atoms with Gasteiger partial charge in [0.2, 0.25) is 0 Å². The normalized spacial score (nSPS) is 17.6. The first kappa shape index (κ1) is 16.0. The summed E-state index contributed by atoms with van der Waals surface area (Å²) in [5.41, 5.74) is 0.388. The molecule has 2 amide bonds. The summed E-state index contributed by atoms with van der Waals surface area (Å²) in [5.74, 6) is -1.31. The summed E-state index contributed by atoms with van der Waals surface area (Å²) in [5, 5.41) is 5.06. The van der Waals surface area contributed by atoms with Gasteiger partial charge in [0.15, 0.2) is 0 Å².